The summed E-state index contributed by atoms with van der Waals surface area (Å²) in [5, 5.41) is 3.19. The molecule has 1 heterocycles. The molecule has 138 valence electrons. The average molecular weight is 361 g/mol. The first kappa shape index (κ1) is 18.4. The van der Waals surface area contributed by atoms with Crippen molar-refractivity contribution in [3.63, 3.8) is 0 Å². The summed E-state index contributed by atoms with van der Waals surface area (Å²) in [6.07, 6.45) is 2.17. The van der Waals surface area contributed by atoms with Crippen LogP contribution in [0.5, 0.6) is 0 Å². The van der Waals surface area contributed by atoms with Gasteiger partial charge < -0.3 is 16.0 Å². The number of anilines is 5. The van der Waals surface area contributed by atoms with Crippen molar-refractivity contribution >= 4 is 34.6 Å². The zero-order valence-electron chi connectivity index (χ0n) is 15.7. The van der Waals surface area contributed by atoms with E-state index in [2.05, 4.69) is 15.3 Å². The summed E-state index contributed by atoms with van der Waals surface area (Å²) in [4.78, 5) is 22.9. The number of carbonyl (C=O) groups excluding carboxylic acids is 1. The Morgan fingerprint density at radius 1 is 1.15 bits per heavy atom. The van der Waals surface area contributed by atoms with Crippen LogP contribution in [0.4, 0.5) is 28.8 Å². The molecule has 0 saturated carbocycles. The van der Waals surface area contributed by atoms with Crippen molar-refractivity contribution in [1.29, 1.82) is 0 Å². The van der Waals surface area contributed by atoms with Crippen molar-refractivity contribution in [3.8, 4) is 0 Å². The van der Waals surface area contributed by atoms with Crippen molar-refractivity contribution in [1.82, 2.24) is 9.97 Å². The van der Waals surface area contributed by atoms with Gasteiger partial charge in [-0.25, -0.2) is 4.98 Å². The van der Waals surface area contributed by atoms with E-state index in [4.69, 9.17) is 5.73 Å². The molecule has 0 bridgehead atoms. The van der Waals surface area contributed by atoms with Crippen LogP contribution in [0.25, 0.3) is 0 Å². The largest absolute Gasteiger partial charge is 0.399 e. The van der Waals surface area contributed by atoms with E-state index in [0.29, 0.717) is 18.1 Å². The zero-order chi connectivity index (χ0) is 19.4. The topological polar surface area (TPSA) is 84.1 Å². The van der Waals surface area contributed by atoms with Crippen LogP contribution in [0.15, 0.2) is 54.7 Å². The molecule has 3 N–H and O–H groups in total. The fourth-order valence-corrected chi connectivity index (χ4v) is 2.75. The summed E-state index contributed by atoms with van der Waals surface area (Å²) in [5.41, 5.74) is 9.91. The summed E-state index contributed by atoms with van der Waals surface area (Å²) in [5.74, 6) is 1.33. The highest BCUT2D eigenvalue weighted by Gasteiger charge is 2.10. The van der Waals surface area contributed by atoms with Crippen LogP contribution in [-0.2, 0) is 0 Å². The van der Waals surface area contributed by atoms with Crippen LogP contribution >= 0.6 is 0 Å². The van der Waals surface area contributed by atoms with E-state index >= 15 is 0 Å². The molecule has 0 aliphatic carbocycles. The molecule has 3 rings (SSSR count). The fourth-order valence-electron chi connectivity index (χ4n) is 2.75. The van der Waals surface area contributed by atoms with Crippen LogP contribution in [0.2, 0.25) is 0 Å². The summed E-state index contributed by atoms with van der Waals surface area (Å²) < 4.78 is 0. The molecule has 0 aliphatic heterocycles. The monoisotopic (exact) mass is 361 g/mol. The van der Waals surface area contributed by atoms with E-state index in [1.165, 1.54) is 0 Å². The van der Waals surface area contributed by atoms with Gasteiger partial charge in [0.2, 0.25) is 5.95 Å². The summed E-state index contributed by atoms with van der Waals surface area (Å²) in [6, 6.07) is 15.1. The molecule has 2 aromatic carbocycles. The number of carbonyl (C=O) groups is 1. The van der Waals surface area contributed by atoms with Crippen molar-refractivity contribution in [2.45, 2.75) is 20.3 Å². The molecule has 6 nitrogen and oxygen atoms in total. The number of hydrogen-bond donors (Lipinski definition) is 2. The van der Waals surface area contributed by atoms with Crippen LogP contribution in [-0.4, -0.2) is 22.8 Å². The van der Waals surface area contributed by atoms with Crippen molar-refractivity contribution in [3.05, 3.63) is 65.9 Å². The number of hydrogen-bond acceptors (Lipinski definition) is 6. The molecule has 6 heteroatoms. The van der Waals surface area contributed by atoms with Crippen LogP contribution in [0.3, 0.4) is 0 Å². The SMILES string of the molecule is CCC(=O)c1cc(Nc2nccc(N(C)c3ccc(N)cc3)n2)ccc1C. The minimum Gasteiger partial charge on any atom is -0.399 e. The fraction of sp³-hybridized carbons (Fsp3) is 0.190. The molecule has 0 atom stereocenters. The van der Waals surface area contributed by atoms with E-state index in [1.807, 2.05) is 74.3 Å². The lowest BCUT2D eigenvalue weighted by molar-refractivity contribution is 0.0987. The number of benzene rings is 2. The van der Waals surface area contributed by atoms with Gasteiger partial charge in [0.1, 0.15) is 5.82 Å². The number of aromatic nitrogens is 2. The van der Waals surface area contributed by atoms with Crippen molar-refractivity contribution < 1.29 is 4.79 Å². The van der Waals surface area contributed by atoms with Gasteiger partial charge >= 0.3 is 0 Å². The Morgan fingerprint density at radius 3 is 2.59 bits per heavy atom. The van der Waals surface area contributed by atoms with Crippen LogP contribution in [0, 0.1) is 6.92 Å². The molecule has 0 radical (unpaired) electrons. The zero-order valence-corrected chi connectivity index (χ0v) is 15.7. The third-order valence-corrected chi connectivity index (χ3v) is 4.38. The van der Waals surface area contributed by atoms with Gasteiger partial charge in [0.15, 0.2) is 5.78 Å². The Hall–Kier alpha value is -3.41. The Kier molecular flexibility index (Phi) is 5.35. The van der Waals surface area contributed by atoms with Gasteiger partial charge in [-0.3, -0.25) is 4.79 Å². The Labute approximate surface area is 159 Å². The number of aryl methyl sites for hydroxylation is 1. The number of nitrogens with two attached hydrogens (primary N) is 1. The highest BCUT2D eigenvalue weighted by molar-refractivity contribution is 5.98. The lowest BCUT2D eigenvalue weighted by atomic mass is 10.0. The number of nitrogens with zero attached hydrogens (tertiary/aromatic N) is 3. The minimum atomic E-state index is 0.119. The maximum atomic E-state index is 12.1. The molecular formula is C21H23N5O. The predicted molar refractivity (Wildman–Crippen MR) is 110 cm³/mol. The normalized spacial score (nSPS) is 10.5. The second-order valence-electron chi connectivity index (χ2n) is 6.32. The first-order valence-corrected chi connectivity index (χ1v) is 8.81. The smallest absolute Gasteiger partial charge is 0.229 e. The highest BCUT2D eigenvalue weighted by atomic mass is 16.1. The first-order chi connectivity index (χ1) is 13.0. The molecule has 0 spiro atoms. The van der Waals surface area contributed by atoms with E-state index in [0.717, 1.165) is 28.3 Å². The molecule has 3 aromatic rings. The van der Waals surface area contributed by atoms with E-state index in [9.17, 15) is 4.79 Å². The van der Waals surface area contributed by atoms with Crippen LogP contribution in [0.1, 0.15) is 29.3 Å². The maximum Gasteiger partial charge on any atom is 0.229 e. The molecule has 0 amide bonds. The van der Waals surface area contributed by atoms with E-state index < -0.39 is 0 Å². The molecule has 1 aromatic heterocycles. The number of rotatable bonds is 6. The number of nitrogens with one attached hydrogen (secondary N) is 1. The molecule has 27 heavy (non-hydrogen) atoms. The van der Waals surface area contributed by atoms with Gasteiger partial charge in [-0.2, -0.15) is 4.98 Å². The Morgan fingerprint density at radius 2 is 1.89 bits per heavy atom. The molecule has 0 aliphatic rings. The van der Waals surface area contributed by atoms with Crippen LogP contribution < -0.4 is 16.0 Å². The maximum absolute atomic E-state index is 12.1. The summed E-state index contributed by atoms with van der Waals surface area (Å²) >= 11 is 0. The van der Waals surface area contributed by atoms with E-state index in [1.54, 1.807) is 6.20 Å². The van der Waals surface area contributed by atoms with Gasteiger partial charge in [-0.15, -0.1) is 0 Å². The molecule has 0 saturated heterocycles. The first-order valence-electron chi connectivity index (χ1n) is 8.81. The molecular weight excluding hydrogens is 338 g/mol. The predicted octanol–water partition coefficient (Wildman–Crippen LogP) is 4.47. The second kappa shape index (κ2) is 7.86. The standard InChI is InChI=1S/C21H23N5O/c1-4-19(27)18-13-16(8-5-14(18)2)24-21-23-12-11-20(25-21)26(3)17-9-6-15(22)7-10-17/h5-13H,4,22H2,1-3H3,(H,23,24,25). The number of Topliss-reactive ketones (excluding diaryl/α,β-unsaturated/α-hetero) is 1. The van der Waals surface area contributed by atoms with Gasteiger partial charge in [-0.05, 0) is 55.0 Å². The minimum absolute atomic E-state index is 0.119. The lowest BCUT2D eigenvalue weighted by Gasteiger charge is -2.19. The van der Waals surface area contributed by atoms with Gasteiger partial charge in [0.25, 0.3) is 0 Å². The Balaban J connectivity index is 1.84. The van der Waals surface area contributed by atoms with Crippen molar-refractivity contribution in [2.24, 2.45) is 0 Å². The molecule has 0 fully saturated rings. The highest BCUT2D eigenvalue weighted by Crippen LogP contribution is 2.24. The quantitative estimate of drug-likeness (QED) is 0.498. The summed E-state index contributed by atoms with van der Waals surface area (Å²) in [6.45, 7) is 3.80. The average Bonchev–Trinajstić information content (AvgIpc) is 2.69. The van der Waals surface area contributed by atoms with Crippen molar-refractivity contribution in [2.75, 3.05) is 23.0 Å². The third-order valence-electron chi connectivity index (χ3n) is 4.38. The van der Waals surface area contributed by atoms with Gasteiger partial charge in [0.05, 0.1) is 0 Å². The van der Waals surface area contributed by atoms with Gasteiger partial charge in [-0.1, -0.05) is 13.0 Å². The van der Waals surface area contributed by atoms with Gasteiger partial charge in [0, 0.05) is 42.3 Å². The van der Waals surface area contributed by atoms with E-state index in [-0.39, 0.29) is 5.78 Å². The number of ketones is 1. The number of nitrogen functional groups attached to an aromatic ring is 1. The molecule has 0 unspecified atom stereocenters. The Bertz CT molecular complexity index is 953. The second-order valence-corrected chi connectivity index (χ2v) is 6.32. The third kappa shape index (κ3) is 4.23. The lowest BCUT2D eigenvalue weighted by Crippen LogP contribution is -2.12. The summed E-state index contributed by atoms with van der Waals surface area (Å²) in [7, 11) is 1.93.